The van der Waals surface area contributed by atoms with Crippen molar-refractivity contribution in [2.45, 2.75) is 12.6 Å². The molecule has 1 N–H and O–H groups in total. The minimum absolute atomic E-state index is 0.0127. The van der Waals surface area contributed by atoms with Crippen molar-refractivity contribution < 1.29 is 27.4 Å². The van der Waals surface area contributed by atoms with Crippen LogP contribution in [0.1, 0.15) is 6.42 Å². The minimum Gasteiger partial charge on any atom is -0.476 e. The quantitative estimate of drug-likeness (QED) is 0.799. The molecule has 0 saturated carbocycles. The number of halogens is 3. The van der Waals surface area contributed by atoms with E-state index in [4.69, 9.17) is 0 Å². The zero-order valence-corrected chi connectivity index (χ0v) is 8.41. The molecule has 0 saturated heterocycles. The van der Waals surface area contributed by atoms with E-state index in [1.165, 1.54) is 6.20 Å². The van der Waals surface area contributed by atoms with E-state index in [0.29, 0.717) is 0 Å². The molecule has 0 aliphatic rings. The Kier molecular flexibility index (Phi) is 4.13. The number of H-pyrrole nitrogens is 1. The lowest BCUT2D eigenvalue weighted by atomic mass is 10.4. The second-order valence-electron chi connectivity index (χ2n) is 2.93. The summed E-state index contributed by atoms with van der Waals surface area (Å²) in [6.45, 7) is -0.695. The third-order valence-corrected chi connectivity index (χ3v) is 1.68. The van der Waals surface area contributed by atoms with Crippen LogP contribution in [0.15, 0.2) is 17.1 Å². The van der Waals surface area contributed by atoms with E-state index < -0.39 is 30.4 Å². The summed E-state index contributed by atoms with van der Waals surface area (Å²) in [6.07, 6.45) is -4.37. The van der Waals surface area contributed by atoms with E-state index in [0.717, 1.165) is 6.07 Å². The van der Waals surface area contributed by atoms with Crippen molar-refractivity contribution in [3.05, 3.63) is 22.5 Å². The fraction of sp³-hybridized carbons (Fsp3) is 0.333. The number of rotatable bonds is 5. The van der Waals surface area contributed by atoms with Crippen molar-refractivity contribution in [1.82, 2.24) is 4.98 Å². The Balaban J connectivity index is 2.73. The number of hydrogen-bond acceptors (Lipinski definition) is 4. The first-order valence-electron chi connectivity index (χ1n) is 4.45. The molecule has 0 aliphatic carbocycles. The fourth-order valence-electron chi connectivity index (χ4n) is 0.982. The number of ether oxygens (including phenoxy) is 2. The topological polar surface area (TPSA) is 68.4 Å². The molecule has 1 rings (SSSR count). The monoisotopic (exact) mass is 251 g/mol. The van der Waals surface area contributed by atoms with Crippen LogP contribution in [0.4, 0.5) is 13.2 Å². The van der Waals surface area contributed by atoms with Crippen LogP contribution in [0.2, 0.25) is 0 Å². The second-order valence-corrected chi connectivity index (χ2v) is 2.93. The largest absolute Gasteiger partial charge is 0.476 e. The third-order valence-electron chi connectivity index (χ3n) is 1.68. The maximum Gasteiger partial charge on any atom is 0.392 e. The highest BCUT2D eigenvalue weighted by molar-refractivity contribution is 5.48. The van der Waals surface area contributed by atoms with Crippen molar-refractivity contribution in [1.29, 1.82) is 0 Å². The number of carbonyl (C=O) groups is 1. The first-order valence-corrected chi connectivity index (χ1v) is 4.45. The van der Waals surface area contributed by atoms with Gasteiger partial charge in [0.05, 0.1) is 13.0 Å². The zero-order valence-electron chi connectivity index (χ0n) is 8.41. The predicted octanol–water partition coefficient (Wildman–Crippen LogP) is 1.24. The zero-order chi connectivity index (χ0) is 12.9. The molecule has 0 atom stereocenters. The van der Waals surface area contributed by atoms with Gasteiger partial charge in [0.2, 0.25) is 17.1 Å². The van der Waals surface area contributed by atoms with Crippen molar-refractivity contribution in [2.75, 3.05) is 6.61 Å². The summed E-state index contributed by atoms with van der Waals surface area (Å²) in [4.78, 5) is 23.7. The van der Waals surface area contributed by atoms with Gasteiger partial charge in [-0.3, -0.25) is 9.59 Å². The van der Waals surface area contributed by atoms with E-state index >= 15 is 0 Å². The summed E-state index contributed by atoms with van der Waals surface area (Å²) in [7, 11) is 0. The number of aromatic nitrogens is 1. The number of hydrogen-bond donors (Lipinski definition) is 1. The van der Waals surface area contributed by atoms with Gasteiger partial charge in [0.25, 0.3) is 6.47 Å². The Morgan fingerprint density at radius 3 is 2.71 bits per heavy atom. The molecular formula is C9H8F3NO4. The van der Waals surface area contributed by atoms with Crippen LogP contribution in [0.25, 0.3) is 0 Å². The van der Waals surface area contributed by atoms with Crippen LogP contribution in [0, 0.1) is 0 Å². The summed E-state index contributed by atoms with van der Waals surface area (Å²) < 4.78 is 44.5. The molecule has 1 aromatic rings. The van der Waals surface area contributed by atoms with Gasteiger partial charge in [-0.15, -0.1) is 0 Å². The van der Waals surface area contributed by atoms with E-state index in [-0.39, 0.29) is 12.4 Å². The maximum absolute atomic E-state index is 11.8. The molecule has 0 radical (unpaired) electrons. The van der Waals surface area contributed by atoms with Crippen LogP contribution in [0.5, 0.6) is 11.6 Å². The lowest BCUT2D eigenvalue weighted by Crippen LogP contribution is -2.15. The summed E-state index contributed by atoms with van der Waals surface area (Å²) in [5, 5.41) is 0. The average molecular weight is 251 g/mol. The van der Waals surface area contributed by atoms with E-state index in [1.807, 2.05) is 0 Å². The number of pyridine rings is 1. The molecule has 17 heavy (non-hydrogen) atoms. The minimum atomic E-state index is -4.36. The lowest BCUT2D eigenvalue weighted by molar-refractivity contribution is -0.140. The van der Waals surface area contributed by atoms with Crippen molar-refractivity contribution >= 4 is 6.47 Å². The average Bonchev–Trinajstić information content (AvgIpc) is 2.21. The van der Waals surface area contributed by atoms with Gasteiger partial charge in [-0.25, -0.2) is 0 Å². The molecular weight excluding hydrogens is 243 g/mol. The summed E-state index contributed by atoms with van der Waals surface area (Å²) in [6, 6.07) is 1.05. The van der Waals surface area contributed by atoms with E-state index in [1.54, 1.807) is 0 Å². The van der Waals surface area contributed by atoms with Crippen LogP contribution < -0.4 is 14.9 Å². The Hall–Kier alpha value is -1.99. The first kappa shape index (κ1) is 13.1. The van der Waals surface area contributed by atoms with Crippen molar-refractivity contribution in [2.24, 2.45) is 0 Å². The normalized spacial score (nSPS) is 11.0. The van der Waals surface area contributed by atoms with E-state index in [9.17, 15) is 22.8 Å². The van der Waals surface area contributed by atoms with Gasteiger partial charge in [0, 0.05) is 12.3 Å². The molecule has 0 unspecified atom stereocenters. The number of nitrogens with one attached hydrogen (secondary N) is 1. The SMILES string of the molecule is O=COc1c(OCCC(F)(F)F)[nH]ccc1=O. The van der Waals surface area contributed by atoms with Gasteiger partial charge in [-0.2, -0.15) is 13.2 Å². The Labute approximate surface area is 93.2 Å². The Bertz CT molecular complexity index is 441. The maximum atomic E-state index is 11.8. The van der Waals surface area contributed by atoms with Crippen LogP contribution in [-0.4, -0.2) is 24.2 Å². The molecule has 0 amide bonds. The molecule has 1 heterocycles. The van der Waals surface area contributed by atoms with Crippen LogP contribution in [-0.2, 0) is 4.79 Å². The molecule has 0 bridgehead atoms. The molecule has 5 nitrogen and oxygen atoms in total. The van der Waals surface area contributed by atoms with Crippen LogP contribution >= 0.6 is 0 Å². The first-order chi connectivity index (χ1) is 7.94. The second kappa shape index (κ2) is 5.37. The fourth-order valence-corrected chi connectivity index (χ4v) is 0.982. The van der Waals surface area contributed by atoms with E-state index in [2.05, 4.69) is 14.5 Å². The lowest BCUT2D eigenvalue weighted by Gasteiger charge is -2.10. The van der Waals surface area contributed by atoms with Crippen molar-refractivity contribution in [3.63, 3.8) is 0 Å². The van der Waals surface area contributed by atoms with Gasteiger partial charge in [-0.1, -0.05) is 0 Å². The summed E-state index contributed by atoms with van der Waals surface area (Å²) in [5.74, 6) is -0.779. The van der Waals surface area contributed by atoms with Crippen molar-refractivity contribution in [3.8, 4) is 11.6 Å². The Morgan fingerprint density at radius 1 is 1.41 bits per heavy atom. The molecule has 0 aliphatic heterocycles. The highest BCUT2D eigenvalue weighted by Crippen LogP contribution is 2.22. The summed E-state index contributed by atoms with van der Waals surface area (Å²) >= 11 is 0. The Morgan fingerprint density at radius 2 is 2.12 bits per heavy atom. The highest BCUT2D eigenvalue weighted by Gasteiger charge is 2.27. The molecule has 1 aromatic heterocycles. The summed E-state index contributed by atoms with van der Waals surface area (Å²) in [5.41, 5.74) is -0.669. The molecule has 0 spiro atoms. The van der Waals surface area contributed by atoms with Gasteiger partial charge in [-0.05, 0) is 0 Å². The van der Waals surface area contributed by atoms with Gasteiger partial charge >= 0.3 is 6.18 Å². The number of alkyl halides is 3. The molecule has 8 heteroatoms. The molecule has 0 aromatic carbocycles. The highest BCUT2D eigenvalue weighted by atomic mass is 19.4. The number of aromatic amines is 1. The van der Waals surface area contributed by atoms with Gasteiger partial charge in [0.15, 0.2) is 0 Å². The predicted molar refractivity (Wildman–Crippen MR) is 49.9 cm³/mol. The number of carbonyl (C=O) groups excluding carboxylic acids is 1. The molecule has 0 fully saturated rings. The van der Waals surface area contributed by atoms with Gasteiger partial charge < -0.3 is 14.5 Å². The smallest absolute Gasteiger partial charge is 0.392 e. The third kappa shape index (κ3) is 4.17. The van der Waals surface area contributed by atoms with Crippen LogP contribution in [0.3, 0.4) is 0 Å². The molecule has 94 valence electrons. The standard InChI is InChI=1S/C9H8F3NO4/c10-9(11,12)2-4-16-8-7(17-5-14)6(15)1-3-13-8/h1,3,5H,2,4H2,(H,13,15). The van der Waals surface area contributed by atoms with Gasteiger partial charge in [0.1, 0.15) is 0 Å².